The number of nitrogens with one attached hydrogen (secondary N) is 1. The fourth-order valence-corrected chi connectivity index (χ4v) is 4.85. The summed E-state index contributed by atoms with van der Waals surface area (Å²) in [6, 6.07) is 0.472. The number of hydrogen-bond donors (Lipinski definition) is 1. The van der Waals surface area contributed by atoms with E-state index in [-0.39, 0.29) is 5.78 Å². The van der Waals surface area contributed by atoms with Crippen molar-refractivity contribution in [3.63, 3.8) is 0 Å². The predicted octanol–water partition coefficient (Wildman–Crippen LogP) is 4.30. The van der Waals surface area contributed by atoms with Gasteiger partial charge >= 0.3 is 7.60 Å². The predicted molar refractivity (Wildman–Crippen MR) is 79.6 cm³/mol. The molecular formula is C14H30NO3P. The van der Waals surface area contributed by atoms with Gasteiger partial charge in [0, 0.05) is 6.04 Å². The minimum Gasteiger partial charge on any atom is -0.308 e. The first-order valence-corrected chi connectivity index (χ1v) is 9.42. The molecule has 0 bridgehead atoms. The van der Waals surface area contributed by atoms with E-state index in [2.05, 4.69) is 12.2 Å². The molecule has 1 saturated carbocycles. The van der Waals surface area contributed by atoms with Crippen LogP contribution in [0.1, 0.15) is 65.7 Å². The maximum atomic E-state index is 12.9. The molecule has 0 spiro atoms. The second-order valence-corrected chi connectivity index (χ2v) is 7.40. The molecule has 1 rings (SSSR count). The molecule has 0 heterocycles. The van der Waals surface area contributed by atoms with Crippen LogP contribution in [0.2, 0.25) is 0 Å². The Morgan fingerprint density at radius 3 is 2.16 bits per heavy atom. The highest BCUT2D eigenvalue weighted by molar-refractivity contribution is 7.54. The average molecular weight is 291 g/mol. The van der Waals surface area contributed by atoms with Gasteiger partial charge in [-0.05, 0) is 33.1 Å². The lowest BCUT2D eigenvalue weighted by molar-refractivity contribution is 0.200. The summed E-state index contributed by atoms with van der Waals surface area (Å²) in [5.74, 6) is -0.152. The second-order valence-electron chi connectivity index (χ2n) is 5.18. The van der Waals surface area contributed by atoms with Crippen molar-refractivity contribution in [3.8, 4) is 0 Å². The van der Waals surface area contributed by atoms with Crippen LogP contribution in [0.4, 0.5) is 0 Å². The second kappa shape index (κ2) is 9.12. The molecule has 0 aromatic heterocycles. The van der Waals surface area contributed by atoms with Crippen molar-refractivity contribution >= 4 is 7.60 Å². The van der Waals surface area contributed by atoms with Crippen molar-refractivity contribution in [2.45, 2.75) is 77.5 Å². The molecule has 0 aromatic carbocycles. The van der Waals surface area contributed by atoms with Gasteiger partial charge in [-0.1, -0.05) is 32.6 Å². The van der Waals surface area contributed by atoms with Gasteiger partial charge < -0.3 is 14.4 Å². The Labute approximate surface area is 118 Å². The van der Waals surface area contributed by atoms with E-state index >= 15 is 0 Å². The van der Waals surface area contributed by atoms with E-state index in [1.165, 1.54) is 32.1 Å². The van der Waals surface area contributed by atoms with E-state index in [9.17, 15) is 4.57 Å². The van der Waals surface area contributed by atoms with Crippen molar-refractivity contribution in [1.82, 2.24) is 5.32 Å². The molecule has 114 valence electrons. The third-order valence-electron chi connectivity index (χ3n) is 3.60. The Kier molecular flexibility index (Phi) is 8.24. The Morgan fingerprint density at radius 2 is 1.68 bits per heavy atom. The summed E-state index contributed by atoms with van der Waals surface area (Å²) in [5, 5.41) is 3.55. The van der Waals surface area contributed by atoms with Crippen LogP contribution in [-0.2, 0) is 13.6 Å². The van der Waals surface area contributed by atoms with Gasteiger partial charge in [-0.25, -0.2) is 0 Å². The summed E-state index contributed by atoms with van der Waals surface area (Å²) in [7, 11) is -3.02. The van der Waals surface area contributed by atoms with E-state index in [1.54, 1.807) is 0 Å². The van der Waals surface area contributed by atoms with Crippen LogP contribution < -0.4 is 5.32 Å². The highest BCUT2D eigenvalue weighted by Gasteiger charge is 2.36. The Morgan fingerprint density at radius 1 is 1.11 bits per heavy atom. The molecule has 0 radical (unpaired) electrons. The lowest BCUT2D eigenvalue weighted by Gasteiger charge is -2.32. The third kappa shape index (κ3) is 5.55. The quantitative estimate of drug-likeness (QED) is 0.643. The van der Waals surface area contributed by atoms with E-state index in [0.717, 1.165) is 12.8 Å². The Hall–Kier alpha value is 0.110. The zero-order valence-electron chi connectivity index (χ0n) is 12.7. The molecule has 19 heavy (non-hydrogen) atoms. The molecule has 0 aromatic rings. The first-order valence-electron chi connectivity index (χ1n) is 7.81. The van der Waals surface area contributed by atoms with Crippen molar-refractivity contribution in [3.05, 3.63) is 0 Å². The van der Waals surface area contributed by atoms with Crippen LogP contribution in [0.3, 0.4) is 0 Å². The summed E-state index contributed by atoms with van der Waals surface area (Å²) in [5.41, 5.74) is 0. The van der Waals surface area contributed by atoms with Gasteiger partial charge in [-0.2, -0.15) is 0 Å². The van der Waals surface area contributed by atoms with E-state index in [1.807, 2.05) is 13.8 Å². The number of rotatable bonds is 9. The van der Waals surface area contributed by atoms with Crippen molar-refractivity contribution in [1.29, 1.82) is 0 Å². The Bertz CT molecular complexity index is 270. The van der Waals surface area contributed by atoms with E-state index in [4.69, 9.17) is 9.05 Å². The molecule has 0 amide bonds. The minimum atomic E-state index is -3.02. The zero-order chi connectivity index (χ0) is 14.1. The standard InChI is InChI=1S/C14H30NO3P/c1-4-10-14(15-13-11-8-7-9-12-13)19(16,17-5-2)18-6-3/h13-15H,4-12H2,1-3H3. The maximum Gasteiger partial charge on any atom is 0.347 e. The van der Waals surface area contributed by atoms with Gasteiger partial charge in [0.1, 0.15) is 5.78 Å². The molecule has 1 atom stereocenters. The molecule has 1 fully saturated rings. The summed E-state index contributed by atoms with van der Waals surface area (Å²) < 4.78 is 23.9. The van der Waals surface area contributed by atoms with Crippen LogP contribution in [0.15, 0.2) is 0 Å². The maximum absolute atomic E-state index is 12.9. The normalized spacial score (nSPS) is 19.5. The van der Waals surface area contributed by atoms with Gasteiger partial charge in [0.2, 0.25) is 0 Å². The summed E-state index contributed by atoms with van der Waals surface area (Å²) in [4.78, 5) is 0. The number of hydrogen-bond acceptors (Lipinski definition) is 4. The monoisotopic (exact) mass is 291 g/mol. The van der Waals surface area contributed by atoms with Gasteiger partial charge in [0.15, 0.2) is 0 Å². The van der Waals surface area contributed by atoms with Crippen LogP contribution in [0.5, 0.6) is 0 Å². The van der Waals surface area contributed by atoms with Crippen LogP contribution in [-0.4, -0.2) is 25.0 Å². The van der Waals surface area contributed by atoms with Gasteiger partial charge in [0.25, 0.3) is 0 Å². The molecule has 0 saturated heterocycles. The van der Waals surface area contributed by atoms with Crippen molar-refractivity contribution in [2.24, 2.45) is 0 Å². The van der Waals surface area contributed by atoms with E-state index in [0.29, 0.717) is 19.3 Å². The summed E-state index contributed by atoms with van der Waals surface area (Å²) in [6.45, 7) is 6.72. The fraction of sp³-hybridized carbons (Fsp3) is 1.00. The first-order chi connectivity index (χ1) is 9.16. The molecule has 1 aliphatic carbocycles. The topological polar surface area (TPSA) is 47.6 Å². The lowest BCUT2D eigenvalue weighted by Crippen LogP contribution is -2.40. The highest BCUT2D eigenvalue weighted by Crippen LogP contribution is 2.53. The minimum absolute atomic E-state index is 0.152. The molecule has 4 nitrogen and oxygen atoms in total. The van der Waals surface area contributed by atoms with Crippen molar-refractivity contribution in [2.75, 3.05) is 13.2 Å². The van der Waals surface area contributed by atoms with Crippen LogP contribution in [0, 0.1) is 0 Å². The average Bonchev–Trinajstić information content (AvgIpc) is 2.40. The van der Waals surface area contributed by atoms with E-state index < -0.39 is 7.60 Å². The largest absolute Gasteiger partial charge is 0.347 e. The van der Waals surface area contributed by atoms with Crippen LogP contribution in [0.25, 0.3) is 0 Å². The molecular weight excluding hydrogens is 261 g/mol. The molecule has 5 heteroatoms. The summed E-state index contributed by atoms with van der Waals surface area (Å²) in [6.07, 6.45) is 8.04. The zero-order valence-corrected chi connectivity index (χ0v) is 13.6. The first kappa shape index (κ1) is 17.2. The fourth-order valence-electron chi connectivity index (χ4n) is 2.72. The lowest BCUT2D eigenvalue weighted by atomic mass is 9.95. The van der Waals surface area contributed by atoms with Crippen LogP contribution >= 0.6 is 7.60 Å². The molecule has 0 aliphatic heterocycles. The SMILES string of the molecule is CCCC(NC1CCCCC1)P(=O)(OCC)OCC. The molecule has 1 unspecified atom stereocenters. The summed E-state index contributed by atoms with van der Waals surface area (Å²) >= 11 is 0. The van der Waals surface area contributed by atoms with Crippen molar-refractivity contribution < 1.29 is 13.6 Å². The smallest absolute Gasteiger partial charge is 0.308 e. The Balaban J connectivity index is 2.68. The van der Waals surface area contributed by atoms with Gasteiger partial charge in [0.05, 0.1) is 13.2 Å². The highest BCUT2D eigenvalue weighted by atomic mass is 31.2. The molecule has 1 aliphatic rings. The van der Waals surface area contributed by atoms with Gasteiger partial charge in [-0.3, -0.25) is 4.57 Å². The van der Waals surface area contributed by atoms with Gasteiger partial charge in [-0.15, -0.1) is 0 Å². The third-order valence-corrected chi connectivity index (χ3v) is 6.00. The molecule has 1 N–H and O–H groups in total.